The molecule has 0 saturated heterocycles. The van der Waals surface area contributed by atoms with E-state index >= 15 is 0 Å². The van der Waals surface area contributed by atoms with E-state index in [0.717, 1.165) is 0 Å². The lowest BCUT2D eigenvalue weighted by Gasteiger charge is -2.37. The summed E-state index contributed by atoms with van der Waals surface area (Å²) in [5.41, 5.74) is 0. The summed E-state index contributed by atoms with van der Waals surface area (Å²) < 4.78 is 12.1. The van der Waals surface area contributed by atoms with Gasteiger partial charge >= 0.3 is 0 Å². The second-order valence-corrected chi connectivity index (χ2v) is 19.5. The van der Waals surface area contributed by atoms with Crippen LogP contribution in [0.1, 0.15) is 54.4 Å². The van der Waals surface area contributed by atoms with E-state index < -0.39 is 28.8 Å². The van der Waals surface area contributed by atoms with Gasteiger partial charge in [-0.05, 0) is 49.1 Å². The first-order valence-corrected chi connectivity index (χ1v) is 15.0. The Morgan fingerprint density at radius 3 is 1.12 bits per heavy atom. The zero-order valence-corrected chi connectivity index (χ0v) is 19.7. The molecule has 0 unspecified atom stereocenters. The van der Waals surface area contributed by atoms with Crippen molar-refractivity contribution in [3.63, 3.8) is 0 Å². The molecule has 0 rings (SSSR count). The summed E-state index contributed by atoms with van der Waals surface area (Å²) in [6.07, 6.45) is -0.572. The molecule has 0 aliphatic rings. The smallest absolute Gasteiger partial charge is 0.191 e. The maximum atomic E-state index is 10.1. The second-order valence-electron chi connectivity index (χ2n) is 9.93. The van der Waals surface area contributed by atoms with Gasteiger partial charge in [0.1, 0.15) is 0 Å². The molecule has 0 bridgehead atoms. The Balaban J connectivity index is 4.20. The first kappa shape index (κ1) is 24.3. The van der Waals surface area contributed by atoms with Gasteiger partial charge in [0.25, 0.3) is 0 Å². The van der Waals surface area contributed by atoms with Crippen molar-refractivity contribution in [1.82, 2.24) is 0 Å². The summed E-state index contributed by atoms with van der Waals surface area (Å²) >= 11 is 0. The molecule has 0 aliphatic carbocycles. The van der Waals surface area contributed by atoms with Crippen LogP contribution >= 0.6 is 0 Å². The lowest BCUT2D eigenvalue weighted by Crippen LogP contribution is -2.42. The van der Waals surface area contributed by atoms with E-state index in [1.807, 2.05) is 0 Å². The Hall–Kier alpha value is 0.274. The highest BCUT2D eigenvalue weighted by Gasteiger charge is 2.38. The van der Waals surface area contributed by atoms with E-state index in [9.17, 15) is 10.2 Å². The van der Waals surface area contributed by atoms with Crippen molar-refractivity contribution in [2.75, 3.05) is 13.2 Å². The van der Waals surface area contributed by atoms with Gasteiger partial charge in [-0.1, -0.05) is 41.5 Å². The summed E-state index contributed by atoms with van der Waals surface area (Å²) in [4.78, 5) is 0. The molecule has 146 valence electrons. The first-order valence-electron chi connectivity index (χ1n) is 9.15. The summed E-state index contributed by atoms with van der Waals surface area (Å²) in [5.74, 6) is 0. The topological polar surface area (TPSA) is 58.9 Å². The van der Waals surface area contributed by atoms with Gasteiger partial charge in [0.15, 0.2) is 16.6 Å². The van der Waals surface area contributed by atoms with Crippen molar-refractivity contribution < 1.29 is 19.1 Å². The van der Waals surface area contributed by atoms with Gasteiger partial charge in [-0.15, -0.1) is 0 Å². The Morgan fingerprint density at radius 2 is 0.917 bits per heavy atom. The maximum absolute atomic E-state index is 10.1. The van der Waals surface area contributed by atoms with Crippen molar-refractivity contribution in [1.29, 1.82) is 0 Å². The molecular formula is C18H42O4Si2. The first-order chi connectivity index (χ1) is 10.5. The number of aliphatic hydroxyl groups excluding tert-OH is 2. The van der Waals surface area contributed by atoms with Gasteiger partial charge in [-0.25, -0.2) is 0 Å². The van der Waals surface area contributed by atoms with E-state index in [-0.39, 0.29) is 10.1 Å². The lowest BCUT2D eigenvalue weighted by atomic mass is 10.1. The van der Waals surface area contributed by atoms with Crippen molar-refractivity contribution in [3.05, 3.63) is 0 Å². The number of hydrogen-bond acceptors (Lipinski definition) is 4. The lowest BCUT2D eigenvalue weighted by molar-refractivity contribution is -0.00499. The number of rotatable bonds is 9. The zero-order chi connectivity index (χ0) is 19.4. The highest BCUT2D eigenvalue weighted by molar-refractivity contribution is 6.74. The molecular weight excluding hydrogens is 336 g/mol. The molecule has 2 atom stereocenters. The normalized spacial score (nSPS) is 17.0. The van der Waals surface area contributed by atoms with E-state index in [4.69, 9.17) is 8.85 Å². The Morgan fingerprint density at radius 1 is 0.667 bits per heavy atom. The highest BCUT2D eigenvalue weighted by atomic mass is 28.4. The largest absolute Gasteiger partial charge is 0.417 e. The molecule has 0 aliphatic heterocycles. The molecule has 0 spiro atoms. The summed E-state index contributed by atoms with van der Waals surface area (Å²) in [6, 6.07) is 0. The van der Waals surface area contributed by atoms with Crippen LogP contribution in [0.15, 0.2) is 0 Å². The fourth-order valence-corrected chi connectivity index (χ4v) is 3.81. The predicted octanol–water partition coefficient (Wildman–Crippen LogP) is 4.53. The monoisotopic (exact) mass is 378 g/mol. The van der Waals surface area contributed by atoms with Crippen molar-refractivity contribution in [2.45, 2.75) is 103 Å². The average molecular weight is 379 g/mol. The zero-order valence-electron chi connectivity index (χ0n) is 17.7. The molecule has 0 radical (unpaired) electrons. The molecule has 0 amide bonds. The third-order valence-corrected chi connectivity index (χ3v) is 14.9. The second kappa shape index (κ2) is 8.78. The molecule has 6 heteroatoms. The van der Waals surface area contributed by atoms with E-state index in [0.29, 0.717) is 26.1 Å². The maximum Gasteiger partial charge on any atom is 0.191 e. The third-order valence-electron chi connectivity index (χ3n) is 5.81. The van der Waals surface area contributed by atoms with Crippen LogP contribution in [0.25, 0.3) is 0 Å². The average Bonchev–Trinajstić information content (AvgIpc) is 2.35. The molecule has 4 nitrogen and oxygen atoms in total. The highest BCUT2D eigenvalue weighted by Crippen LogP contribution is 2.37. The molecule has 0 saturated carbocycles. The molecule has 0 fully saturated rings. The van der Waals surface area contributed by atoms with Crippen molar-refractivity contribution >= 4 is 16.6 Å². The third kappa shape index (κ3) is 7.66. The van der Waals surface area contributed by atoms with Gasteiger partial charge in [0.05, 0.1) is 12.2 Å². The van der Waals surface area contributed by atoms with Crippen LogP contribution in [0.2, 0.25) is 36.3 Å². The molecule has 24 heavy (non-hydrogen) atoms. The number of hydrogen-bond donors (Lipinski definition) is 2. The minimum atomic E-state index is -1.79. The van der Waals surface area contributed by atoms with Crippen LogP contribution in [-0.2, 0) is 8.85 Å². The van der Waals surface area contributed by atoms with Crippen LogP contribution in [0, 0.1) is 0 Å². The Bertz CT molecular complexity index is 334. The molecule has 0 heterocycles. The van der Waals surface area contributed by atoms with Gasteiger partial charge in [0.2, 0.25) is 0 Å². The standard InChI is InChI=1S/C18H42O4Si2/c1-17(2,3)23(7,8)21-13-11-15(19)16(20)12-14-22-24(9,10)18(4,5)6/h15-16,19-20H,11-14H2,1-10H3/t15-,16+. The van der Waals surface area contributed by atoms with E-state index in [2.05, 4.69) is 67.7 Å². The van der Waals surface area contributed by atoms with Crippen LogP contribution in [-0.4, -0.2) is 52.3 Å². The fraction of sp³-hybridized carbons (Fsp3) is 1.00. The SMILES string of the molecule is CC(C)(C)[Si](C)(C)OCC[C@@H](O)[C@@H](O)CCO[Si](C)(C)C(C)(C)C. The molecule has 0 aromatic carbocycles. The van der Waals surface area contributed by atoms with Gasteiger partial charge in [0, 0.05) is 13.2 Å². The van der Waals surface area contributed by atoms with Crippen LogP contribution < -0.4 is 0 Å². The van der Waals surface area contributed by atoms with Crippen LogP contribution in [0.4, 0.5) is 0 Å². The minimum absolute atomic E-state index is 0.160. The quantitative estimate of drug-likeness (QED) is 0.579. The molecule has 0 aromatic heterocycles. The predicted molar refractivity (Wildman–Crippen MR) is 108 cm³/mol. The van der Waals surface area contributed by atoms with E-state index in [1.165, 1.54) is 0 Å². The Labute approximate surface area is 152 Å². The van der Waals surface area contributed by atoms with Gasteiger partial charge < -0.3 is 19.1 Å². The van der Waals surface area contributed by atoms with Crippen molar-refractivity contribution in [2.24, 2.45) is 0 Å². The fourth-order valence-electron chi connectivity index (χ4n) is 1.69. The summed E-state index contributed by atoms with van der Waals surface area (Å²) in [5, 5.41) is 20.6. The summed E-state index contributed by atoms with van der Waals surface area (Å²) in [7, 11) is -3.58. The van der Waals surface area contributed by atoms with Gasteiger partial charge in [-0.3, -0.25) is 0 Å². The van der Waals surface area contributed by atoms with E-state index in [1.54, 1.807) is 0 Å². The van der Waals surface area contributed by atoms with Crippen molar-refractivity contribution in [3.8, 4) is 0 Å². The van der Waals surface area contributed by atoms with Crippen LogP contribution in [0.3, 0.4) is 0 Å². The minimum Gasteiger partial charge on any atom is -0.417 e. The Kier molecular flexibility index (Phi) is 8.88. The van der Waals surface area contributed by atoms with Crippen LogP contribution in [0.5, 0.6) is 0 Å². The van der Waals surface area contributed by atoms with Gasteiger partial charge in [-0.2, -0.15) is 0 Å². The summed E-state index contributed by atoms with van der Waals surface area (Å²) in [6.45, 7) is 23.0. The molecule has 2 N–H and O–H groups in total. The number of aliphatic hydroxyl groups is 2. The molecule has 0 aromatic rings.